The van der Waals surface area contributed by atoms with Gasteiger partial charge < -0.3 is 0 Å². The normalized spacial score (nSPS) is 10.9. The molecule has 0 aliphatic rings. The van der Waals surface area contributed by atoms with Gasteiger partial charge in [0, 0.05) is 4.47 Å². The highest BCUT2D eigenvalue weighted by Crippen LogP contribution is 2.23. The third kappa shape index (κ3) is 3.28. The summed E-state index contributed by atoms with van der Waals surface area (Å²) in [5, 5.41) is 0. The topological polar surface area (TPSA) is 17.1 Å². The summed E-state index contributed by atoms with van der Waals surface area (Å²) in [5.41, 5.74) is 0.975. The maximum Gasteiger partial charge on any atom is 0.195 e. The minimum absolute atomic E-state index is 0.0300. The smallest absolute Gasteiger partial charge is 0.195 e. The van der Waals surface area contributed by atoms with E-state index >= 15 is 0 Å². The number of hydrogen-bond acceptors (Lipinski definition) is 2. The van der Waals surface area contributed by atoms with E-state index in [4.69, 9.17) is 11.6 Å². The molecule has 0 saturated carbocycles. The maximum absolute atomic E-state index is 11.8. The van der Waals surface area contributed by atoms with Crippen molar-refractivity contribution in [3.05, 3.63) is 61.7 Å². The summed E-state index contributed by atoms with van der Waals surface area (Å²) in [6.45, 7) is 0. The lowest BCUT2D eigenvalue weighted by atomic mass is 10.2. The highest BCUT2D eigenvalue weighted by Gasteiger charge is 2.05. The lowest BCUT2D eigenvalue weighted by Crippen LogP contribution is -1.88. The summed E-state index contributed by atoms with van der Waals surface area (Å²) >= 11 is 10.5. The third-order valence-corrected chi connectivity index (χ3v) is 4.10. The number of allylic oxidation sites excluding steroid dienone is 1. The first-order chi connectivity index (χ1) is 8.16. The lowest BCUT2D eigenvalue weighted by Gasteiger charge is -1.96. The van der Waals surface area contributed by atoms with Crippen LogP contribution in [0.4, 0.5) is 0 Å². The number of halogens is 2. The van der Waals surface area contributed by atoms with Gasteiger partial charge in [0.25, 0.3) is 0 Å². The Kier molecular flexibility index (Phi) is 4.15. The quantitative estimate of drug-likeness (QED) is 0.569. The van der Waals surface area contributed by atoms with E-state index in [1.54, 1.807) is 24.3 Å². The van der Waals surface area contributed by atoms with Crippen molar-refractivity contribution in [1.29, 1.82) is 0 Å². The van der Waals surface area contributed by atoms with Crippen LogP contribution < -0.4 is 0 Å². The zero-order valence-electron chi connectivity index (χ0n) is 8.69. The maximum atomic E-state index is 11.8. The zero-order chi connectivity index (χ0) is 12.3. The van der Waals surface area contributed by atoms with Gasteiger partial charge in [0.15, 0.2) is 5.78 Å². The summed E-state index contributed by atoms with van der Waals surface area (Å²) in [6, 6.07) is 11.2. The van der Waals surface area contributed by atoms with Gasteiger partial charge in [0.2, 0.25) is 0 Å². The Labute approximate surface area is 117 Å². The van der Waals surface area contributed by atoms with Gasteiger partial charge in [0.1, 0.15) is 0 Å². The van der Waals surface area contributed by atoms with Crippen LogP contribution in [0.3, 0.4) is 0 Å². The first-order valence-electron chi connectivity index (χ1n) is 4.89. The van der Waals surface area contributed by atoms with Gasteiger partial charge in [-0.05, 0) is 35.9 Å². The van der Waals surface area contributed by atoms with Crippen LogP contribution in [0.1, 0.15) is 15.2 Å². The number of thiophene rings is 1. The van der Waals surface area contributed by atoms with E-state index in [0.717, 1.165) is 10.0 Å². The molecular formula is C13H8BrClOS. The van der Waals surface area contributed by atoms with Crippen LogP contribution in [0.25, 0.3) is 6.08 Å². The van der Waals surface area contributed by atoms with Crippen molar-refractivity contribution in [2.75, 3.05) is 0 Å². The second kappa shape index (κ2) is 5.63. The van der Waals surface area contributed by atoms with E-state index < -0.39 is 0 Å². The Bertz CT molecular complexity index is 574. The fourth-order valence-electron chi connectivity index (χ4n) is 1.30. The van der Waals surface area contributed by atoms with Crippen LogP contribution in [0.15, 0.2) is 46.9 Å². The average Bonchev–Trinajstić information content (AvgIpc) is 2.74. The Morgan fingerprint density at radius 1 is 1.24 bits per heavy atom. The lowest BCUT2D eigenvalue weighted by molar-refractivity contribution is 0.105. The van der Waals surface area contributed by atoms with Crippen LogP contribution in [0, 0.1) is 0 Å². The molecule has 1 heterocycles. The largest absolute Gasteiger partial charge is 0.288 e. The molecule has 4 heteroatoms. The second-order valence-corrected chi connectivity index (χ2v) is 5.89. The SMILES string of the molecule is O=C(/C=C/c1ccccc1Br)c1ccc(Cl)s1. The third-order valence-electron chi connectivity index (χ3n) is 2.14. The van der Waals surface area contributed by atoms with Gasteiger partial charge in [-0.3, -0.25) is 4.79 Å². The molecule has 0 atom stereocenters. The van der Waals surface area contributed by atoms with Crippen molar-refractivity contribution < 1.29 is 4.79 Å². The molecule has 0 bridgehead atoms. The molecule has 0 fully saturated rings. The molecule has 86 valence electrons. The fourth-order valence-corrected chi connectivity index (χ4v) is 2.68. The predicted molar refractivity (Wildman–Crippen MR) is 76.8 cm³/mol. The Balaban J connectivity index is 2.17. The molecule has 0 N–H and O–H groups in total. The van der Waals surface area contributed by atoms with E-state index in [9.17, 15) is 4.79 Å². The summed E-state index contributed by atoms with van der Waals surface area (Å²) in [4.78, 5) is 12.4. The standard InChI is InChI=1S/C13H8BrClOS/c14-10-4-2-1-3-9(10)5-6-11(16)12-7-8-13(15)17-12/h1-8H/b6-5+. The van der Waals surface area contributed by atoms with Gasteiger partial charge in [0.05, 0.1) is 9.21 Å². The highest BCUT2D eigenvalue weighted by atomic mass is 79.9. The molecule has 0 aliphatic heterocycles. The molecule has 0 amide bonds. The molecule has 2 aromatic rings. The molecule has 17 heavy (non-hydrogen) atoms. The number of carbonyl (C=O) groups is 1. The fraction of sp³-hybridized carbons (Fsp3) is 0. The molecule has 0 saturated heterocycles. The first-order valence-corrected chi connectivity index (χ1v) is 6.88. The minimum Gasteiger partial charge on any atom is -0.288 e. The first kappa shape index (κ1) is 12.6. The minimum atomic E-state index is -0.0300. The predicted octanol–water partition coefficient (Wildman–Crippen LogP) is 5.06. The molecular weight excluding hydrogens is 320 g/mol. The number of hydrogen-bond donors (Lipinski definition) is 0. The van der Waals surface area contributed by atoms with E-state index in [2.05, 4.69) is 15.9 Å². The number of ketones is 1. The molecule has 1 aromatic carbocycles. The molecule has 1 nitrogen and oxygen atoms in total. The summed E-state index contributed by atoms with van der Waals surface area (Å²) in [7, 11) is 0. The van der Waals surface area contributed by atoms with Gasteiger partial charge in [-0.25, -0.2) is 0 Å². The molecule has 1 aromatic heterocycles. The summed E-state index contributed by atoms with van der Waals surface area (Å²) in [5.74, 6) is -0.0300. The van der Waals surface area contributed by atoms with E-state index in [1.165, 1.54) is 11.3 Å². The van der Waals surface area contributed by atoms with E-state index in [1.807, 2.05) is 24.3 Å². The van der Waals surface area contributed by atoms with Crippen LogP contribution in [0.5, 0.6) is 0 Å². The molecule has 0 aliphatic carbocycles. The van der Waals surface area contributed by atoms with E-state index in [-0.39, 0.29) is 5.78 Å². The van der Waals surface area contributed by atoms with Gasteiger partial charge >= 0.3 is 0 Å². The highest BCUT2D eigenvalue weighted by molar-refractivity contribution is 9.10. The van der Waals surface area contributed by atoms with Crippen molar-refractivity contribution in [2.24, 2.45) is 0 Å². The van der Waals surface area contributed by atoms with Crippen molar-refractivity contribution in [2.45, 2.75) is 0 Å². The zero-order valence-corrected chi connectivity index (χ0v) is 11.8. The number of carbonyl (C=O) groups excluding carboxylic acids is 1. The Morgan fingerprint density at radius 2 is 2.00 bits per heavy atom. The van der Waals surface area contributed by atoms with E-state index in [0.29, 0.717) is 9.21 Å². The Hall–Kier alpha value is -0.900. The molecule has 0 spiro atoms. The van der Waals surface area contributed by atoms with Crippen LogP contribution in [-0.4, -0.2) is 5.78 Å². The van der Waals surface area contributed by atoms with Crippen LogP contribution in [0.2, 0.25) is 4.34 Å². The summed E-state index contributed by atoms with van der Waals surface area (Å²) in [6.07, 6.45) is 3.35. The molecule has 0 unspecified atom stereocenters. The van der Waals surface area contributed by atoms with Crippen molar-refractivity contribution >= 4 is 50.7 Å². The van der Waals surface area contributed by atoms with Gasteiger partial charge in [-0.15, -0.1) is 11.3 Å². The molecule has 0 radical (unpaired) electrons. The van der Waals surface area contributed by atoms with Crippen molar-refractivity contribution in [3.8, 4) is 0 Å². The molecule has 2 rings (SSSR count). The van der Waals surface area contributed by atoms with Crippen molar-refractivity contribution in [3.63, 3.8) is 0 Å². The number of benzene rings is 1. The average molecular weight is 328 g/mol. The van der Waals surface area contributed by atoms with Crippen LogP contribution >= 0.6 is 38.9 Å². The monoisotopic (exact) mass is 326 g/mol. The van der Waals surface area contributed by atoms with Gasteiger partial charge in [-0.1, -0.05) is 45.7 Å². The second-order valence-electron chi connectivity index (χ2n) is 3.32. The number of rotatable bonds is 3. The van der Waals surface area contributed by atoms with Crippen LogP contribution in [-0.2, 0) is 0 Å². The van der Waals surface area contributed by atoms with Gasteiger partial charge in [-0.2, -0.15) is 0 Å². The van der Waals surface area contributed by atoms with Crippen molar-refractivity contribution in [1.82, 2.24) is 0 Å². The Morgan fingerprint density at radius 3 is 2.65 bits per heavy atom. The summed E-state index contributed by atoms with van der Waals surface area (Å²) < 4.78 is 1.59.